The second kappa shape index (κ2) is 5.60. The Hall–Kier alpha value is -1.85. The van der Waals surface area contributed by atoms with Gasteiger partial charge in [-0.05, 0) is 58.8 Å². The summed E-state index contributed by atoms with van der Waals surface area (Å²) < 4.78 is 0. The number of hydrogen-bond acceptors (Lipinski definition) is 3. The summed E-state index contributed by atoms with van der Waals surface area (Å²) in [6.45, 7) is 5.58. The van der Waals surface area contributed by atoms with Crippen molar-refractivity contribution in [1.29, 1.82) is 0 Å². The van der Waals surface area contributed by atoms with Gasteiger partial charge in [-0.2, -0.15) is 5.10 Å². The molecule has 0 aromatic carbocycles. The van der Waals surface area contributed by atoms with E-state index in [9.17, 15) is 9.59 Å². The number of nitrogens with one attached hydrogen (secondary N) is 1. The van der Waals surface area contributed by atoms with Crippen molar-refractivity contribution < 1.29 is 9.59 Å². The molecule has 2 saturated heterocycles. The number of fused-ring (bicyclic) bond motifs is 1. The third-order valence-electron chi connectivity index (χ3n) is 6.01. The lowest BCUT2D eigenvalue weighted by Gasteiger charge is -2.45. The van der Waals surface area contributed by atoms with E-state index in [1.54, 1.807) is 0 Å². The molecule has 0 saturated carbocycles. The molecule has 2 fully saturated rings. The Morgan fingerprint density at radius 3 is 2.67 bits per heavy atom. The predicted molar refractivity (Wildman–Crippen MR) is 89.7 cm³/mol. The van der Waals surface area contributed by atoms with Crippen LogP contribution in [-0.4, -0.2) is 56.5 Å². The fourth-order valence-electron chi connectivity index (χ4n) is 4.79. The van der Waals surface area contributed by atoms with Crippen molar-refractivity contribution in [3.63, 3.8) is 0 Å². The highest BCUT2D eigenvalue weighted by Gasteiger charge is 2.53. The standard InChI is InChI=1S/C18H26N4O2/c1-12(2)21-10-4-8-18(17(21)24)9-5-11-22(18)16(23)15-13-6-3-7-14(13)19-20-15/h12H,3-11H2,1-2H3,(H,19,20). The summed E-state index contributed by atoms with van der Waals surface area (Å²) in [5.41, 5.74) is 2.10. The summed E-state index contributed by atoms with van der Waals surface area (Å²) in [5.74, 6) is 0.0904. The lowest BCUT2D eigenvalue weighted by Crippen LogP contribution is -2.62. The van der Waals surface area contributed by atoms with Gasteiger partial charge in [0.15, 0.2) is 5.69 Å². The molecular formula is C18H26N4O2. The van der Waals surface area contributed by atoms with Gasteiger partial charge in [0.1, 0.15) is 5.54 Å². The zero-order valence-corrected chi connectivity index (χ0v) is 14.6. The minimum atomic E-state index is -0.635. The third-order valence-corrected chi connectivity index (χ3v) is 6.01. The molecule has 3 aliphatic rings. The van der Waals surface area contributed by atoms with Crippen molar-refractivity contribution in [3.8, 4) is 0 Å². The molecule has 0 bridgehead atoms. The topological polar surface area (TPSA) is 69.3 Å². The summed E-state index contributed by atoms with van der Waals surface area (Å²) in [5, 5.41) is 7.33. The summed E-state index contributed by atoms with van der Waals surface area (Å²) in [6.07, 6.45) is 6.40. The Morgan fingerprint density at radius 1 is 1.17 bits per heavy atom. The van der Waals surface area contributed by atoms with Gasteiger partial charge in [0.2, 0.25) is 5.91 Å². The Balaban J connectivity index is 1.67. The zero-order chi connectivity index (χ0) is 16.9. The van der Waals surface area contributed by atoms with Crippen LogP contribution in [0.3, 0.4) is 0 Å². The summed E-state index contributed by atoms with van der Waals surface area (Å²) >= 11 is 0. The number of carbonyl (C=O) groups excluding carboxylic acids is 2. The number of hydrogen-bond donors (Lipinski definition) is 1. The highest BCUT2D eigenvalue weighted by Crippen LogP contribution is 2.40. The van der Waals surface area contributed by atoms with Gasteiger partial charge in [0, 0.05) is 30.4 Å². The second-order valence-corrected chi connectivity index (χ2v) is 7.67. The molecule has 2 amide bonds. The van der Waals surface area contributed by atoms with Gasteiger partial charge in [-0.1, -0.05) is 0 Å². The average molecular weight is 330 g/mol. The van der Waals surface area contributed by atoms with Crippen molar-refractivity contribution in [3.05, 3.63) is 17.0 Å². The number of amides is 2. The Kier molecular flexibility index (Phi) is 3.66. The van der Waals surface area contributed by atoms with Crippen molar-refractivity contribution in [2.45, 2.75) is 70.4 Å². The fourth-order valence-corrected chi connectivity index (χ4v) is 4.79. The van der Waals surface area contributed by atoms with Gasteiger partial charge in [0.25, 0.3) is 5.91 Å². The molecule has 1 aliphatic carbocycles. The van der Waals surface area contributed by atoms with Crippen molar-refractivity contribution in [2.24, 2.45) is 0 Å². The molecule has 3 heterocycles. The SMILES string of the molecule is CC(C)N1CCCC2(CCCN2C(=O)c2n[nH]c3c2CCC3)C1=O. The monoisotopic (exact) mass is 330 g/mol. The first-order chi connectivity index (χ1) is 11.5. The van der Waals surface area contributed by atoms with E-state index in [4.69, 9.17) is 0 Å². The van der Waals surface area contributed by atoms with E-state index in [1.807, 2.05) is 9.80 Å². The molecule has 24 heavy (non-hydrogen) atoms. The predicted octanol–water partition coefficient (Wildman–Crippen LogP) is 1.90. The number of aromatic nitrogens is 2. The molecule has 130 valence electrons. The van der Waals surface area contributed by atoms with E-state index in [-0.39, 0.29) is 17.9 Å². The first-order valence-corrected chi connectivity index (χ1v) is 9.24. The van der Waals surface area contributed by atoms with Crippen LogP contribution in [0.15, 0.2) is 0 Å². The summed E-state index contributed by atoms with van der Waals surface area (Å²) in [6, 6.07) is 0.182. The summed E-state index contributed by atoms with van der Waals surface area (Å²) in [7, 11) is 0. The van der Waals surface area contributed by atoms with Crippen molar-refractivity contribution >= 4 is 11.8 Å². The van der Waals surface area contributed by atoms with Gasteiger partial charge in [-0.25, -0.2) is 0 Å². The molecule has 1 N–H and O–H groups in total. The number of piperidine rings is 1. The lowest BCUT2D eigenvalue weighted by molar-refractivity contribution is -0.147. The smallest absolute Gasteiger partial charge is 0.275 e. The Labute approximate surface area is 142 Å². The van der Waals surface area contributed by atoms with Gasteiger partial charge in [0.05, 0.1) is 0 Å². The van der Waals surface area contributed by atoms with Crippen LogP contribution >= 0.6 is 0 Å². The number of aromatic amines is 1. The third kappa shape index (κ3) is 2.11. The highest BCUT2D eigenvalue weighted by molar-refractivity contribution is 6.00. The molecule has 6 nitrogen and oxygen atoms in total. The highest BCUT2D eigenvalue weighted by atomic mass is 16.2. The number of H-pyrrole nitrogens is 1. The second-order valence-electron chi connectivity index (χ2n) is 7.67. The number of aryl methyl sites for hydroxylation is 1. The van der Waals surface area contributed by atoms with Crippen molar-refractivity contribution in [1.82, 2.24) is 20.0 Å². The number of likely N-dealkylation sites (tertiary alicyclic amines) is 2. The molecule has 1 unspecified atom stereocenters. The normalized spacial score (nSPS) is 26.7. The molecule has 0 radical (unpaired) electrons. The van der Waals surface area contributed by atoms with Gasteiger partial charge < -0.3 is 9.80 Å². The summed E-state index contributed by atoms with van der Waals surface area (Å²) in [4.78, 5) is 30.2. The Bertz CT molecular complexity index is 681. The van der Waals surface area contributed by atoms with E-state index in [0.29, 0.717) is 12.2 Å². The molecule has 4 rings (SSSR count). The van der Waals surface area contributed by atoms with E-state index in [1.165, 1.54) is 0 Å². The first-order valence-electron chi connectivity index (χ1n) is 9.24. The van der Waals surface area contributed by atoms with Crippen LogP contribution in [0.1, 0.15) is 67.7 Å². The maximum atomic E-state index is 13.2. The lowest BCUT2D eigenvalue weighted by atomic mass is 9.84. The molecule has 1 aromatic rings. The molecule has 2 aliphatic heterocycles. The molecule has 1 spiro atoms. The number of nitrogens with zero attached hydrogens (tertiary/aromatic N) is 3. The van der Waals surface area contributed by atoms with Crippen LogP contribution in [0.5, 0.6) is 0 Å². The van der Waals surface area contributed by atoms with E-state index in [2.05, 4.69) is 24.0 Å². The van der Waals surface area contributed by atoms with Crippen LogP contribution in [0.4, 0.5) is 0 Å². The first kappa shape index (κ1) is 15.7. The average Bonchev–Trinajstić information content (AvgIpc) is 3.24. The Morgan fingerprint density at radius 2 is 1.92 bits per heavy atom. The minimum absolute atomic E-state index is 0.0501. The van der Waals surface area contributed by atoms with E-state index >= 15 is 0 Å². The van der Waals surface area contributed by atoms with E-state index < -0.39 is 5.54 Å². The van der Waals surface area contributed by atoms with Crippen LogP contribution in [0.25, 0.3) is 0 Å². The quantitative estimate of drug-likeness (QED) is 0.900. The maximum Gasteiger partial charge on any atom is 0.275 e. The number of carbonyl (C=O) groups is 2. The van der Waals surface area contributed by atoms with E-state index in [0.717, 1.165) is 62.7 Å². The van der Waals surface area contributed by atoms with Gasteiger partial charge in [-0.3, -0.25) is 14.7 Å². The van der Waals surface area contributed by atoms with Crippen LogP contribution in [-0.2, 0) is 17.6 Å². The molecular weight excluding hydrogens is 304 g/mol. The fraction of sp³-hybridized carbons (Fsp3) is 0.722. The molecule has 1 aromatic heterocycles. The van der Waals surface area contributed by atoms with Crippen molar-refractivity contribution in [2.75, 3.05) is 13.1 Å². The minimum Gasteiger partial charge on any atom is -0.338 e. The molecule has 1 atom stereocenters. The maximum absolute atomic E-state index is 13.2. The van der Waals surface area contributed by atoms with Crippen LogP contribution in [0, 0.1) is 0 Å². The van der Waals surface area contributed by atoms with Gasteiger partial charge >= 0.3 is 0 Å². The largest absolute Gasteiger partial charge is 0.338 e. The van der Waals surface area contributed by atoms with Gasteiger partial charge in [-0.15, -0.1) is 0 Å². The molecule has 6 heteroatoms. The zero-order valence-electron chi connectivity index (χ0n) is 14.6. The van der Waals surface area contributed by atoms with Crippen LogP contribution < -0.4 is 0 Å². The van der Waals surface area contributed by atoms with Crippen LogP contribution in [0.2, 0.25) is 0 Å². The number of rotatable bonds is 2.